The van der Waals surface area contributed by atoms with Crippen molar-refractivity contribution in [1.29, 1.82) is 0 Å². The van der Waals surface area contributed by atoms with Gasteiger partial charge in [0.2, 0.25) is 11.8 Å². The monoisotopic (exact) mass is 452 g/mol. The Balaban J connectivity index is 1.76. The minimum atomic E-state index is -0.576. The molecule has 3 rings (SSSR count). The quantitative estimate of drug-likeness (QED) is 0.542. The standard InChI is InChI=1S/C21H23Cl2FN4O2/c1-10-13(11(2)26-20-19(10)21(30-5)27-28(20)4)6-7-18(29)25-12(3)14-8-17(24)16(23)9-15(14)22/h8-9,12H,6-7H2,1-5H3,(H,25,29). The van der Waals surface area contributed by atoms with Crippen LogP contribution in [0, 0.1) is 19.7 Å². The zero-order valence-corrected chi connectivity index (χ0v) is 19.0. The summed E-state index contributed by atoms with van der Waals surface area (Å²) in [7, 11) is 3.39. The summed E-state index contributed by atoms with van der Waals surface area (Å²) in [5.74, 6) is -0.240. The molecule has 1 atom stereocenters. The number of pyridine rings is 1. The Morgan fingerprint density at radius 1 is 1.30 bits per heavy atom. The lowest BCUT2D eigenvalue weighted by molar-refractivity contribution is -0.121. The Labute approximate surface area is 184 Å². The van der Waals surface area contributed by atoms with Crippen LogP contribution in [-0.2, 0) is 18.3 Å². The number of hydrogen-bond donors (Lipinski definition) is 1. The van der Waals surface area contributed by atoms with E-state index in [0.29, 0.717) is 22.9 Å². The maximum atomic E-state index is 13.8. The van der Waals surface area contributed by atoms with Crippen molar-refractivity contribution in [3.05, 3.63) is 50.4 Å². The van der Waals surface area contributed by atoms with Crippen LogP contribution in [0.1, 0.15) is 41.8 Å². The van der Waals surface area contributed by atoms with Gasteiger partial charge >= 0.3 is 0 Å². The van der Waals surface area contributed by atoms with Crippen molar-refractivity contribution in [3.8, 4) is 5.88 Å². The summed E-state index contributed by atoms with van der Waals surface area (Å²) in [4.78, 5) is 17.2. The Morgan fingerprint density at radius 2 is 2.00 bits per heavy atom. The zero-order valence-electron chi connectivity index (χ0n) is 17.4. The largest absolute Gasteiger partial charge is 0.479 e. The number of ether oxygens (including phenoxy) is 1. The number of hydrogen-bond acceptors (Lipinski definition) is 4. The Hall–Kier alpha value is -2.38. The highest BCUT2D eigenvalue weighted by Crippen LogP contribution is 2.31. The molecular formula is C21H23Cl2FN4O2. The molecule has 0 aliphatic rings. The highest BCUT2D eigenvalue weighted by molar-refractivity contribution is 6.35. The van der Waals surface area contributed by atoms with Crippen molar-refractivity contribution in [2.45, 2.75) is 39.7 Å². The van der Waals surface area contributed by atoms with Gasteiger partial charge in [-0.15, -0.1) is 5.10 Å². The van der Waals surface area contributed by atoms with Gasteiger partial charge in [-0.3, -0.25) is 4.79 Å². The maximum absolute atomic E-state index is 13.8. The third kappa shape index (κ3) is 4.23. The van der Waals surface area contributed by atoms with Crippen molar-refractivity contribution >= 4 is 40.1 Å². The molecule has 1 aromatic carbocycles. The van der Waals surface area contributed by atoms with Gasteiger partial charge in [0.25, 0.3) is 0 Å². The first kappa shape index (κ1) is 22.3. The molecular weight excluding hydrogens is 430 g/mol. The highest BCUT2D eigenvalue weighted by Gasteiger charge is 2.20. The summed E-state index contributed by atoms with van der Waals surface area (Å²) in [6.07, 6.45) is 0.745. The van der Waals surface area contributed by atoms with E-state index < -0.39 is 11.9 Å². The van der Waals surface area contributed by atoms with E-state index in [-0.39, 0.29) is 17.4 Å². The molecule has 160 valence electrons. The molecule has 1 N–H and O–H groups in total. The average molecular weight is 453 g/mol. The molecule has 3 aromatic rings. The van der Waals surface area contributed by atoms with Crippen LogP contribution in [0.4, 0.5) is 4.39 Å². The van der Waals surface area contributed by atoms with Crippen molar-refractivity contribution in [3.63, 3.8) is 0 Å². The number of fused-ring (bicyclic) bond motifs is 1. The summed E-state index contributed by atoms with van der Waals surface area (Å²) in [6, 6.07) is 2.12. The minimum absolute atomic E-state index is 0.0538. The number of carbonyl (C=O) groups is 1. The minimum Gasteiger partial charge on any atom is -0.479 e. The third-order valence-corrected chi connectivity index (χ3v) is 5.82. The van der Waals surface area contributed by atoms with Crippen molar-refractivity contribution in [2.75, 3.05) is 7.11 Å². The molecule has 1 unspecified atom stereocenters. The number of halogens is 3. The van der Waals surface area contributed by atoms with E-state index in [1.807, 2.05) is 20.9 Å². The molecule has 1 amide bonds. The molecule has 0 fully saturated rings. The van der Waals surface area contributed by atoms with E-state index in [9.17, 15) is 9.18 Å². The van der Waals surface area contributed by atoms with Gasteiger partial charge in [-0.1, -0.05) is 23.2 Å². The number of rotatable bonds is 6. The molecule has 0 spiro atoms. The van der Waals surface area contributed by atoms with Crippen molar-refractivity contribution in [2.24, 2.45) is 7.05 Å². The average Bonchev–Trinajstić information content (AvgIpc) is 3.00. The van der Waals surface area contributed by atoms with Gasteiger partial charge < -0.3 is 10.1 Å². The molecule has 6 nitrogen and oxygen atoms in total. The number of aryl methyl sites for hydroxylation is 3. The van der Waals surface area contributed by atoms with Crippen LogP contribution < -0.4 is 10.1 Å². The normalized spacial score (nSPS) is 12.3. The molecule has 0 bridgehead atoms. The second-order valence-corrected chi connectivity index (χ2v) is 8.02. The van der Waals surface area contributed by atoms with Gasteiger partial charge in [0.05, 0.1) is 23.6 Å². The van der Waals surface area contributed by atoms with Gasteiger partial charge in [-0.2, -0.15) is 0 Å². The molecule has 2 heterocycles. The first-order valence-electron chi connectivity index (χ1n) is 9.44. The first-order valence-corrected chi connectivity index (χ1v) is 10.2. The molecule has 0 radical (unpaired) electrons. The Bertz CT molecular complexity index is 1130. The number of benzene rings is 1. The van der Waals surface area contributed by atoms with Crippen LogP contribution >= 0.6 is 23.2 Å². The summed E-state index contributed by atoms with van der Waals surface area (Å²) in [5.41, 5.74) is 4.03. The van der Waals surface area contributed by atoms with E-state index in [1.165, 1.54) is 12.1 Å². The van der Waals surface area contributed by atoms with E-state index >= 15 is 0 Å². The van der Waals surface area contributed by atoms with Crippen molar-refractivity contribution in [1.82, 2.24) is 20.1 Å². The molecule has 0 aliphatic carbocycles. The molecule has 2 aromatic heterocycles. The van der Waals surface area contributed by atoms with Gasteiger partial charge in [0, 0.05) is 24.2 Å². The molecule has 9 heteroatoms. The van der Waals surface area contributed by atoms with Crippen LogP contribution in [0.15, 0.2) is 12.1 Å². The molecule has 0 saturated carbocycles. The Morgan fingerprint density at radius 3 is 2.67 bits per heavy atom. The number of nitrogens with one attached hydrogen (secondary N) is 1. The first-order chi connectivity index (χ1) is 14.1. The molecule has 0 aliphatic heterocycles. The highest BCUT2D eigenvalue weighted by atomic mass is 35.5. The number of methoxy groups -OCH3 is 1. The van der Waals surface area contributed by atoms with Gasteiger partial charge in [0.15, 0.2) is 5.65 Å². The summed E-state index contributed by atoms with van der Waals surface area (Å²) in [5, 5.41) is 8.30. The number of amides is 1. The predicted molar refractivity (Wildman–Crippen MR) is 116 cm³/mol. The Kier molecular flexibility index (Phi) is 6.53. The smallest absolute Gasteiger partial charge is 0.242 e. The third-order valence-electron chi connectivity index (χ3n) is 5.20. The molecule has 0 saturated heterocycles. The van der Waals surface area contributed by atoms with E-state index in [2.05, 4.69) is 15.4 Å². The van der Waals surface area contributed by atoms with Gasteiger partial charge in [-0.25, -0.2) is 14.1 Å². The molecule has 30 heavy (non-hydrogen) atoms. The SMILES string of the molecule is COc1nn(C)c2nc(C)c(CCC(=O)NC(C)c3cc(F)c(Cl)cc3Cl)c(C)c12. The zero-order chi connectivity index (χ0) is 22.2. The lowest BCUT2D eigenvalue weighted by atomic mass is 10.00. The van der Waals surface area contributed by atoms with Crippen LogP contribution in [0.5, 0.6) is 5.88 Å². The number of carbonyl (C=O) groups excluding carboxylic acids is 1. The van der Waals surface area contributed by atoms with Crippen LogP contribution in [-0.4, -0.2) is 27.8 Å². The predicted octanol–water partition coefficient (Wildman–Crippen LogP) is 4.85. The van der Waals surface area contributed by atoms with E-state index in [4.69, 9.17) is 27.9 Å². The second kappa shape index (κ2) is 8.78. The van der Waals surface area contributed by atoms with Crippen LogP contribution in [0.25, 0.3) is 11.0 Å². The maximum Gasteiger partial charge on any atom is 0.242 e. The topological polar surface area (TPSA) is 69.0 Å². The van der Waals surface area contributed by atoms with E-state index in [1.54, 1.807) is 18.7 Å². The van der Waals surface area contributed by atoms with Crippen molar-refractivity contribution < 1.29 is 13.9 Å². The van der Waals surface area contributed by atoms with Gasteiger partial charge in [-0.05, 0) is 56.0 Å². The second-order valence-electron chi connectivity index (χ2n) is 7.21. The number of nitrogens with zero attached hydrogens (tertiary/aromatic N) is 3. The van der Waals surface area contributed by atoms with Crippen LogP contribution in [0.3, 0.4) is 0 Å². The fourth-order valence-corrected chi connectivity index (χ4v) is 4.15. The fraction of sp³-hybridized carbons (Fsp3) is 0.381. The van der Waals surface area contributed by atoms with Gasteiger partial charge in [0.1, 0.15) is 5.82 Å². The summed E-state index contributed by atoms with van der Waals surface area (Å²) in [6.45, 7) is 5.64. The fourth-order valence-electron chi connectivity index (χ4n) is 3.61. The lowest BCUT2D eigenvalue weighted by Crippen LogP contribution is -2.27. The summed E-state index contributed by atoms with van der Waals surface area (Å²) < 4.78 is 20.8. The lowest BCUT2D eigenvalue weighted by Gasteiger charge is -2.17. The van der Waals surface area contributed by atoms with Crippen LogP contribution in [0.2, 0.25) is 10.0 Å². The number of aromatic nitrogens is 3. The van der Waals surface area contributed by atoms with E-state index in [0.717, 1.165) is 27.9 Å². The summed E-state index contributed by atoms with van der Waals surface area (Å²) >= 11 is 11.9.